The van der Waals surface area contributed by atoms with Crippen molar-refractivity contribution in [2.45, 2.75) is 26.7 Å². The van der Waals surface area contributed by atoms with Crippen molar-refractivity contribution in [2.24, 2.45) is 0 Å². The Balaban J connectivity index is 4.37. The van der Waals surface area contributed by atoms with Gasteiger partial charge in [-0.15, -0.1) is 0 Å². The van der Waals surface area contributed by atoms with Crippen LogP contribution in [-0.2, 0) is 4.57 Å². The lowest BCUT2D eigenvalue weighted by atomic mass is 10.4. The summed E-state index contributed by atoms with van der Waals surface area (Å²) < 4.78 is 10.6. The third-order valence-electron chi connectivity index (χ3n) is 1.51. The molecule has 0 saturated heterocycles. The van der Waals surface area contributed by atoms with E-state index in [1.54, 1.807) is 0 Å². The van der Waals surface area contributed by atoms with Crippen molar-refractivity contribution in [3.8, 4) is 0 Å². The minimum atomic E-state index is -4.59. The zero-order valence-electron chi connectivity index (χ0n) is 7.93. The van der Waals surface area contributed by atoms with E-state index in [9.17, 15) is 9.36 Å². The van der Waals surface area contributed by atoms with Gasteiger partial charge in [-0.25, -0.2) is 4.57 Å². The summed E-state index contributed by atoms with van der Waals surface area (Å²) in [5.41, 5.74) is -1.06. The van der Waals surface area contributed by atoms with E-state index in [1.165, 1.54) is 4.90 Å². The number of hydrogen-bond donors (Lipinski definition) is 2. The van der Waals surface area contributed by atoms with E-state index < -0.39 is 13.2 Å². The molecule has 0 saturated carbocycles. The standard InChI is InChI=1S/C7H16NO4P/c1-3-5-8(6-4-2)7(9)13(10,11)12/h3-6H2,1-2H3,(H2,10,11,12). The summed E-state index contributed by atoms with van der Waals surface area (Å²) in [6.07, 6.45) is 1.40. The van der Waals surface area contributed by atoms with Gasteiger partial charge in [0.1, 0.15) is 0 Å². The zero-order chi connectivity index (χ0) is 10.5. The monoisotopic (exact) mass is 209 g/mol. The van der Waals surface area contributed by atoms with Crippen LogP contribution in [-0.4, -0.2) is 33.4 Å². The van der Waals surface area contributed by atoms with Crippen molar-refractivity contribution in [1.29, 1.82) is 0 Å². The van der Waals surface area contributed by atoms with E-state index in [-0.39, 0.29) is 0 Å². The molecule has 0 spiro atoms. The topological polar surface area (TPSA) is 77.8 Å². The first-order valence-electron chi connectivity index (χ1n) is 4.28. The molecule has 0 rings (SSSR count). The van der Waals surface area contributed by atoms with Crippen molar-refractivity contribution in [3.05, 3.63) is 0 Å². The van der Waals surface area contributed by atoms with E-state index in [0.717, 1.165) is 0 Å². The third kappa shape index (κ3) is 4.41. The molecule has 0 radical (unpaired) electrons. The molecule has 0 bridgehead atoms. The van der Waals surface area contributed by atoms with Crippen molar-refractivity contribution in [2.75, 3.05) is 13.1 Å². The average molecular weight is 209 g/mol. The maximum absolute atomic E-state index is 11.1. The number of carbonyl (C=O) groups excluding carboxylic acids is 1. The SMILES string of the molecule is CCCN(CCC)C(=O)P(=O)(O)O. The molecule has 0 aromatic rings. The summed E-state index contributed by atoms with van der Waals surface area (Å²) in [6, 6.07) is 0. The van der Waals surface area contributed by atoms with E-state index in [0.29, 0.717) is 25.9 Å². The number of amides is 1. The van der Waals surface area contributed by atoms with E-state index in [4.69, 9.17) is 9.79 Å². The highest BCUT2D eigenvalue weighted by Crippen LogP contribution is 2.38. The van der Waals surface area contributed by atoms with E-state index >= 15 is 0 Å². The van der Waals surface area contributed by atoms with E-state index in [2.05, 4.69) is 0 Å². The summed E-state index contributed by atoms with van der Waals surface area (Å²) >= 11 is 0. The fourth-order valence-corrected chi connectivity index (χ4v) is 1.60. The maximum Gasteiger partial charge on any atom is 0.413 e. The van der Waals surface area contributed by atoms with Gasteiger partial charge in [-0.1, -0.05) is 13.8 Å². The Morgan fingerprint density at radius 2 is 1.62 bits per heavy atom. The second-order valence-corrected chi connectivity index (χ2v) is 4.28. The Labute approximate surface area is 77.9 Å². The smallest absolute Gasteiger partial charge is 0.332 e. The normalized spacial score (nSPS) is 11.4. The molecule has 0 aliphatic rings. The molecule has 1 amide bonds. The zero-order valence-corrected chi connectivity index (χ0v) is 8.83. The molecule has 0 aromatic carbocycles. The highest BCUT2D eigenvalue weighted by molar-refractivity contribution is 7.69. The molecule has 0 atom stereocenters. The van der Waals surface area contributed by atoms with Gasteiger partial charge in [-0.05, 0) is 12.8 Å². The second kappa shape index (κ2) is 5.37. The predicted octanol–water partition coefficient (Wildman–Crippen LogP) is 1.41. The Morgan fingerprint density at radius 3 is 1.85 bits per heavy atom. The highest BCUT2D eigenvalue weighted by atomic mass is 31.2. The van der Waals surface area contributed by atoms with Gasteiger partial charge >= 0.3 is 13.2 Å². The fraction of sp³-hybridized carbons (Fsp3) is 0.857. The Morgan fingerprint density at radius 1 is 1.23 bits per heavy atom. The lowest BCUT2D eigenvalue weighted by molar-refractivity contribution is 0.210. The first-order chi connectivity index (χ1) is 5.93. The van der Waals surface area contributed by atoms with Gasteiger partial charge in [0.15, 0.2) is 0 Å². The van der Waals surface area contributed by atoms with Crippen LogP contribution in [0.25, 0.3) is 0 Å². The molecule has 2 N–H and O–H groups in total. The van der Waals surface area contributed by atoms with Gasteiger partial charge in [0.05, 0.1) is 0 Å². The summed E-state index contributed by atoms with van der Waals surface area (Å²) in [5.74, 6) is 0. The Kier molecular flexibility index (Phi) is 5.21. The second-order valence-electron chi connectivity index (χ2n) is 2.81. The molecular weight excluding hydrogens is 193 g/mol. The predicted molar refractivity (Wildman–Crippen MR) is 49.6 cm³/mol. The minimum Gasteiger partial charge on any atom is -0.332 e. The first-order valence-corrected chi connectivity index (χ1v) is 5.89. The van der Waals surface area contributed by atoms with Crippen LogP contribution in [0.5, 0.6) is 0 Å². The molecule has 0 aliphatic carbocycles. The molecule has 5 nitrogen and oxygen atoms in total. The Hall–Kier alpha value is -0.380. The van der Waals surface area contributed by atoms with Crippen LogP contribution < -0.4 is 0 Å². The van der Waals surface area contributed by atoms with Crippen LogP contribution in [0.1, 0.15) is 26.7 Å². The summed E-state index contributed by atoms with van der Waals surface area (Å²) in [6.45, 7) is 4.51. The van der Waals surface area contributed by atoms with Crippen molar-refractivity contribution >= 4 is 13.2 Å². The summed E-state index contributed by atoms with van der Waals surface area (Å²) in [5, 5.41) is 0. The van der Waals surface area contributed by atoms with Crippen LogP contribution in [0, 0.1) is 0 Å². The van der Waals surface area contributed by atoms with Crippen LogP contribution in [0.3, 0.4) is 0 Å². The largest absolute Gasteiger partial charge is 0.413 e. The molecule has 0 aromatic heterocycles. The van der Waals surface area contributed by atoms with E-state index in [1.807, 2.05) is 13.8 Å². The third-order valence-corrected chi connectivity index (χ3v) is 2.29. The van der Waals surface area contributed by atoms with Crippen molar-refractivity contribution in [3.63, 3.8) is 0 Å². The molecule has 6 heteroatoms. The van der Waals surface area contributed by atoms with Gasteiger partial charge < -0.3 is 14.7 Å². The number of hydrogen-bond acceptors (Lipinski definition) is 2. The fourth-order valence-electron chi connectivity index (χ4n) is 1.03. The van der Waals surface area contributed by atoms with Crippen LogP contribution in [0.2, 0.25) is 0 Å². The molecule has 13 heavy (non-hydrogen) atoms. The lowest BCUT2D eigenvalue weighted by Crippen LogP contribution is -2.31. The molecule has 0 heterocycles. The summed E-state index contributed by atoms with van der Waals surface area (Å²) in [4.78, 5) is 29.6. The first kappa shape index (κ1) is 12.6. The summed E-state index contributed by atoms with van der Waals surface area (Å²) in [7, 11) is -4.59. The highest BCUT2D eigenvalue weighted by Gasteiger charge is 2.30. The quantitative estimate of drug-likeness (QED) is 0.671. The minimum absolute atomic E-state index is 0.401. The molecule has 0 aliphatic heterocycles. The number of rotatable bonds is 5. The molecule has 78 valence electrons. The van der Waals surface area contributed by atoms with Gasteiger partial charge in [-0.2, -0.15) is 0 Å². The van der Waals surface area contributed by atoms with Crippen molar-refractivity contribution in [1.82, 2.24) is 4.90 Å². The van der Waals surface area contributed by atoms with Gasteiger partial charge in [0.25, 0.3) is 0 Å². The Bertz CT molecular complexity index is 207. The lowest BCUT2D eigenvalue weighted by Gasteiger charge is -2.21. The molecule has 0 unspecified atom stereocenters. The van der Waals surface area contributed by atoms with Crippen LogP contribution >= 0.6 is 7.60 Å². The van der Waals surface area contributed by atoms with Gasteiger partial charge in [0, 0.05) is 13.1 Å². The number of carbonyl (C=O) groups is 1. The van der Waals surface area contributed by atoms with Crippen LogP contribution in [0.15, 0.2) is 0 Å². The molecule has 0 fully saturated rings. The number of nitrogens with zero attached hydrogens (tertiary/aromatic N) is 1. The van der Waals surface area contributed by atoms with Crippen LogP contribution in [0.4, 0.5) is 4.79 Å². The van der Waals surface area contributed by atoms with Crippen molar-refractivity contribution < 1.29 is 19.1 Å². The van der Waals surface area contributed by atoms with Gasteiger partial charge in [0.2, 0.25) is 0 Å². The maximum atomic E-state index is 11.1. The molecular formula is C7H16NO4P. The van der Waals surface area contributed by atoms with Gasteiger partial charge in [-0.3, -0.25) is 4.79 Å². The average Bonchev–Trinajstić information content (AvgIpc) is 2.01.